The fraction of sp³-hybridized carbons (Fsp3) is 0.455. The minimum atomic E-state index is -2.86. The standard InChI is InChI=1S/C11H15N5O2S2/c12-16-11-14-9(8-1-4-19-10(8)15-11)13-7-2-5-20(17,18)6-3-7/h1,4,7H,2-3,5-6,12H2,(H2,13,14,15,16). The molecular formula is C11H15N5O2S2. The number of nitrogen functional groups attached to an aromatic ring is 1. The van der Waals surface area contributed by atoms with Crippen molar-refractivity contribution in [2.75, 3.05) is 22.2 Å². The fourth-order valence-electron chi connectivity index (χ4n) is 2.26. The van der Waals surface area contributed by atoms with Gasteiger partial charge in [0.1, 0.15) is 20.5 Å². The van der Waals surface area contributed by atoms with E-state index in [-0.39, 0.29) is 17.5 Å². The van der Waals surface area contributed by atoms with Crippen molar-refractivity contribution in [1.82, 2.24) is 9.97 Å². The third kappa shape index (κ3) is 2.69. The predicted molar refractivity (Wildman–Crippen MR) is 80.5 cm³/mol. The third-order valence-electron chi connectivity index (χ3n) is 3.35. The summed E-state index contributed by atoms with van der Waals surface area (Å²) in [5, 5.41) is 6.19. The van der Waals surface area contributed by atoms with Crippen molar-refractivity contribution < 1.29 is 8.42 Å². The molecule has 3 heterocycles. The number of hydrogen-bond donors (Lipinski definition) is 3. The van der Waals surface area contributed by atoms with Crippen molar-refractivity contribution in [2.24, 2.45) is 5.84 Å². The van der Waals surface area contributed by atoms with E-state index in [0.29, 0.717) is 24.6 Å². The van der Waals surface area contributed by atoms with Crippen LogP contribution in [0, 0.1) is 0 Å². The number of nitrogens with zero attached hydrogens (tertiary/aromatic N) is 2. The summed E-state index contributed by atoms with van der Waals surface area (Å²) >= 11 is 1.51. The number of hydrazine groups is 1. The van der Waals surface area contributed by atoms with Gasteiger partial charge in [0.25, 0.3) is 0 Å². The molecule has 1 aliphatic rings. The lowest BCUT2D eigenvalue weighted by Gasteiger charge is -2.23. The number of anilines is 2. The summed E-state index contributed by atoms with van der Waals surface area (Å²) in [6, 6.07) is 2.06. The van der Waals surface area contributed by atoms with E-state index in [9.17, 15) is 8.42 Å². The lowest BCUT2D eigenvalue weighted by atomic mass is 10.1. The fourth-order valence-corrected chi connectivity index (χ4v) is 4.51. The zero-order valence-electron chi connectivity index (χ0n) is 10.7. The number of sulfone groups is 1. The number of nitrogens with one attached hydrogen (secondary N) is 2. The Morgan fingerprint density at radius 2 is 2.05 bits per heavy atom. The highest BCUT2D eigenvalue weighted by atomic mass is 32.2. The number of hydrogen-bond acceptors (Lipinski definition) is 8. The number of fused-ring (bicyclic) bond motifs is 1. The second-order valence-electron chi connectivity index (χ2n) is 4.75. The van der Waals surface area contributed by atoms with Crippen molar-refractivity contribution >= 4 is 43.2 Å². The van der Waals surface area contributed by atoms with Gasteiger partial charge in [0.05, 0.1) is 16.9 Å². The molecular weight excluding hydrogens is 298 g/mol. The van der Waals surface area contributed by atoms with Crippen molar-refractivity contribution in [3.8, 4) is 0 Å². The lowest BCUT2D eigenvalue weighted by molar-refractivity contribution is 0.559. The molecule has 7 nitrogen and oxygen atoms in total. The minimum Gasteiger partial charge on any atom is -0.367 e. The number of aromatic nitrogens is 2. The Bertz CT molecular complexity index is 713. The first-order chi connectivity index (χ1) is 9.57. The topological polar surface area (TPSA) is 110 Å². The van der Waals surface area contributed by atoms with Crippen LogP contribution in [-0.4, -0.2) is 35.9 Å². The first-order valence-corrected chi connectivity index (χ1v) is 8.96. The second kappa shape index (κ2) is 5.15. The van der Waals surface area contributed by atoms with Crippen LogP contribution in [0.1, 0.15) is 12.8 Å². The normalized spacial score (nSPS) is 19.1. The van der Waals surface area contributed by atoms with Crippen LogP contribution in [-0.2, 0) is 9.84 Å². The van der Waals surface area contributed by atoms with E-state index in [1.54, 1.807) is 0 Å². The van der Waals surface area contributed by atoms with Gasteiger partial charge in [-0.15, -0.1) is 11.3 Å². The van der Waals surface area contributed by atoms with Crippen LogP contribution in [0.15, 0.2) is 11.4 Å². The Labute approximate surface area is 120 Å². The molecule has 9 heteroatoms. The van der Waals surface area contributed by atoms with Gasteiger partial charge in [-0.05, 0) is 24.3 Å². The van der Waals surface area contributed by atoms with E-state index >= 15 is 0 Å². The van der Waals surface area contributed by atoms with Crippen molar-refractivity contribution in [3.05, 3.63) is 11.4 Å². The molecule has 2 aromatic heterocycles. The summed E-state index contributed by atoms with van der Waals surface area (Å²) in [4.78, 5) is 9.43. The monoisotopic (exact) mass is 313 g/mol. The SMILES string of the molecule is NNc1nc(NC2CCS(=O)(=O)CC2)c2ccsc2n1. The zero-order valence-corrected chi connectivity index (χ0v) is 12.3. The van der Waals surface area contributed by atoms with Crippen LogP contribution >= 0.6 is 11.3 Å². The number of nitrogens with two attached hydrogens (primary N) is 1. The minimum absolute atomic E-state index is 0.113. The molecule has 3 rings (SSSR count). The van der Waals surface area contributed by atoms with E-state index in [0.717, 1.165) is 10.2 Å². The highest BCUT2D eigenvalue weighted by Gasteiger charge is 2.24. The smallest absolute Gasteiger partial charge is 0.240 e. The Morgan fingerprint density at radius 1 is 1.30 bits per heavy atom. The maximum absolute atomic E-state index is 11.4. The molecule has 0 amide bonds. The van der Waals surface area contributed by atoms with E-state index in [1.165, 1.54) is 11.3 Å². The van der Waals surface area contributed by atoms with Gasteiger partial charge in [-0.2, -0.15) is 4.98 Å². The van der Waals surface area contributed by atoms with Gasteiger partial charge < -0.3 is 5.32 Å². The Hall–Kier alpha value is -1.45. The summed E-state index contributed by atoms with van der Waals surface area (Å²) in [6.45, 7) is 0. The predicted octanol–water partition coefficient (Wildman–Crippen LogP) is 0.966. The summed E-state index contributed by atoms with van der Waals surface area (Å²) in [5.74, 6) is 6.88. The molecule has 1 aliphatic heterocycles. The zero-order chi connectivity index (χ0) is 14.2. The molecule has 0 unspecified atom stereocenters. The molecule has 0 aliphatic carbocycles. The van der Waals surface area contributed by atoms with Crippen molar-refractivity contribution in [3.63, 3.8) is 0 Å². The van der Waals surface area contributed by atoms with E-state index in [2.05, 4.69) is 20.7 Å². The molecule has 0 saturated carbocycles. The van der Waals surface area contributed by atoms with Gasteiger partial charge in [-0.1, -0.05) is 0 Å². The Morgan fingerprint density at radius 3 is 2.75 bits per heavy atom. The molecule has 108 valence electrons. The van der Waals surface area contributed by atoms with Gasteiger partial charge in [-0.3, -0.25) is 5.43 Å². The van der Waals surface area contributed by atoms with Gasteiger partial charge in [0, 0.05) is 6.04 Å². The first-order valence-electron chi connectivity index (χ1n) is 6.26. The van der Waals surface area contributed by atoms with Gasteiger partial charge in [-0.25, -0.2) is 19.2 Å². The third-order valence-corrected chi connectivity index (χ3v) is 5.87. The average molecular weight is 313 g/mol. The molecule has 4 N–H and O–H groups in total. The van der Waals surface area contributed by atoms with Crippen LogP contribution < -0.4 is 16.6 Å². The van der Waals surface area contributed by atoms with Crippen molar-refractivity contribution in [2.45, 2.75) is 18.9 Å². The van der Waals surface area contributed by atoms with Gasteiger partial charge >= 0.3 is 0 Å². The van der Waals surface area contributed by atoms with Crippen molar-refractivity contribution in [1.29, 1.82) is 0 Å². The molecule has 0 aromatic carbocycles. The summed E-state index contributed by atoms with van der Waals surface area (Å²) in [7, 11) is -2.86. The number of rotatable bonds is 3. The summed E-state index contributed by atoms with van der Waals surface area (Å²) in [6.07, 6.45) is 1.20. The quantitative estimate of drug-likeness (QED) is 0.572. The van der Waals surface area contributed by atoms with Crippen LogP contribution in [0.2, 0.25) is 0 Å². The molecule has 0 radical (unpaired) electrons. The highest BCUT2D eigenvalue weighted by Crippen LogP contribution is 2.28. The maximum Gasteiger partial charge on any atom is 0.240 e. The van der Waals surface area contributed by atoms with Crippen LogP contribution in [0.4, 0.5) is 11.8 Å². The molecule has 0 bridgehead atoms. The molecule has 2 aromatic rings. The first kappa shape index (κ1) is 13.5. The maximum atomic E-state index is 11.4. The molecule has 1 saturated heterocycles. The molecule has 0 atom stereocenters. The Balaban J connectivity index is 1.85. The van der Waals surface area contributed by atoms with Crippen LogP contribution in [0.5, 0.6) is 0 Å². The van der Waals surface area contributed by atoms with E-state index in [1.807, 2.05) is 11.4 Å². The van der Waals surface area contributed by atoms with Gasteiger partial charge in [0.15, 0.2) is 0 Å². The Kier molecular flexibility index (Phi) is 3.48. The van der Waals surface area contributed by atoms with E-state index < -0.39 is 9.84 Å². The summed E-state index contributed by atoms with van der Waals surface area (Å²) < 4.78 is 22.9. The largest absolute Gasteiger partial charge is 0.367 e. The number of thiophene rings is 1. The molecule has 0 spiro atoms. The highest BCUT2D eigenvalue weighted by molar-refractivity contribution is 7.91. The average Bonchev–Trinajstić information content (AvgIpc) is 2.89. The lowest BCUT2D eigenvalue weighted by Crippen LogP contribution is -2.32. The summed E-state index contributed by atoms with van der Waals surface area (Å²) in [5.41, 5.74) is 2.45. The van der Waals surface area contributed by atoms with Crippen LogP contribution in [0.25, 0.3) is 10.2 Å². The second-order valence-corrected chi connectivity index (χ2v) is 7.95. The molecule has 1 fully saturated rings. The molecule has 20 heavy (non-hydrogen) atoms. The van der Waals surface area contributed by atoms with Gasteiger partial charge in [0.2, 0.25) is 5.95 Å². The van der Waals surface area contributed by atoms with Crippen LogP contribution in [0.3, 0.4) is 0 Å². The van der Waals surface area contributed by atoms with E-state index in [4.69, 9.17) is 5.84 Å².